The van der Waals surface area contributed by atoms with E-state index in [9.17, 15) is 0 Å². The highest BCUT2D eigenvalue weighted by Crippen LogP contribution is 2.45. The van der Waals surface area contributed by atoms with Crippen molar-refractivity contribution in [1.29, 1.82) is 0 Å². The zero-order valence-electron chi connectivity index (χ0n) is 31.4. The molecule has 0 saturated heterocycles. The average molecular weight is 747 g/mol. The summed E-state index contributed by atoms with van der Waals surface area (Å²) in [7, 11) is 0. The van der Waals surface area contributed by atoms with Gasteiger partial charge in [-0.2, -0.15) is 0 Å². The van der Waals surface area contributed by atoms with Crippen LogP contribution in [0.25, 0.3) is 82.8 Å². The Bertz CT molecular complexity index is 3290. The summed E-state index contributed by atoms with van der Waals surface area (Å²) >= 11 is 0. The Kier molecular flexibility index (Phi) is 8.00. The van der Waals surface area contributed by atoms with E-state index in [1.165, 1.54) is 5.56 Å². The van der Waals surface area contributed by atoms with Gasteiger partial charge in [0.15, 0.2) is 0 Å². The molecule has 2 aromatic heterocycles. The van der Waals surface area contributed by atoms with Crippen LogP contribution in [-0.4, -0.2) is 4.57 Å². The number of furan rings is 1. The van der Waals surface area contributed by atoms with Crippen molar-refractivity contribution in [2.75, 3.05) is 4.90 Å². The molecule has 0 bridgehead atoms. The molecule has 58 heavy (non-hydrogen) atoms. The molecule has 0 saturated carbocycles. The topological polar surface area (TPSA) is 21.3 Å². The number of fused-ring (bicyclic) bond motifs is 6. The maximum Gasteiger partial charge on any atom is 0.143 e. The number of halogens is 1. The quantitative estimate of drug-likeness (QED) is 0.162. The largest absolute Gasteiger partial charge is 0.455 e. The first-order valence-electron chi connectivity index (χ1n) is 19.5. The predicted molar refractivity (Wildman–Crippen MR) is 239 cm³/mol. The molecule has 4 heteroatoms. The third kappa shape index (κ3) is 5.57. The van der Waals surface area contributed by atoms with Crippen LogP contribution < -0.4 is 4.90 Å². The molecule has 0 fully saturated rings. The minimum Gasteiger partial charge on any atom is -0.455 e. The SMILES string of the molecule is Fc1ccc2c3ccccc3n(-c3ccccc3-c3ccccc3N(c3ccc(-c4ccccc4)cc3)c3ccc(-c4cccc5c4oc4ccccc45)cc3)c2c1. The zero-order valence-corrected chi connectivity index (χ0v) is 31.4. The van der Waals surface area contributed by atoms with E-state index in [4.69, 9.17) is 4.42 Å². The fourth-order valence-electron chi connectivity index (χ4n) is 8.62. The van der Waals surface area contributed by atoms with Crippen molar-refractivity contribution < 1.29 is 8.81 Å². The van der Waals surface area contributed by atoms with Crippen LogP contribution in [0.15, 0.2) is 217 Å². The lowest BCUT2D eigenvalue weighted by Crippen LogP contribution is -2.11. The number of rotatable bonds is 7. The van der Waals surface area contributed by atoms with Crippen molar-refractivity contribution in [3.63, 3.8) is 0 Å². The van der Waals surface area contributed by atoms with Crippen LogP contribution >= 0.6 is 0 Å². The number of hydrogen-bond donors (Lipinski definition) is 0. The average Bonchev–Trinajstić information content (AvgIpc) is 3.83. The number of aromatic nitrogens is 1. The van der Waals surface area contributed by atoms with Crippen molar-refractivity contribution in [3.05, 3.63) is 218 Å². The van der Waals surface area contributed by atoms with E-state index in [0.717, 1.165) is 94.3 Å². The molecule has 9 aromatic carbocycles. The second-order valence-electron chi connectivity index (χ2n) is 14.6. The molecule has 0 amide bonds. The molecular weight excluding hydrogens is 712 g/mol. The Morgan fingerprint density at radius 3 is 1.79 bits per heavy atom. The first-order chi connectivity index (χ1) is 28.7. The summed E-state index contributed by atoms with van der Waals surface area (Å²) in [6.45, 7) is 0. The van der Waals surface area contributed by atoms with Crippen LogP contribution in [0.2, 0.25) is 0 Å². The van der Waals surface area contributed by atoms with Crippen LogP contribution in [0.4, 0.5) is 21.5 Å². The Hall–Kier alpha value is -7.69. The summed E-state index contributed by atoms with van der Waals surface area (Å²) in [5.41, 5.74) is 14.2. The van der Waals surface area contributed by atoms with E-state index in [2.05, 4.69) is 173 Å². The summed E-state index contributed by atoms with van der Waals surface area (Å²) in [6, 6.07) is 73.0. The number of anilines is 3. The summed E-state index contributed by atoms with van der Waals surface area (Å²) in [5, 5.41) is 4.32. The molecule has 0 atom stereocenters. The van der Waals surface area contributed by atoms with E-state index >= 15 is 4.39 Å². The second-order valence-corrected chi connectivity index (χ2v) is 14.6. The first-order valence-corrected chi connectivity index (χ1v) is 19.5. The standard InChI is InChI=1S/C54H35FN2O/c55-39-29-34-46-45-17-6-10-23-51(45)57(52(46)35-39)50-22-9-5-16-44(50)43-15-4-8-21-49(43)56(40-30-25-37(26-31-40)36-13-2-1-3-14-36)41-32-27-38(28-33-41)42-19-12-20-48-47-18-7-11-24-53(47)58-54(42)48/h1-35H. The van der Waals surface area contributed by atoms with Gasteiger partial charge in [0.1, 0.15) is 17.0 Å². The number of nitrogens with zero attached hydrogens (tertiary/aromatic N) is 2. The zero-order chi connectivity index (χ0) is 38.6. The van der Waals surface area contributed by atoms with Crippen molar-refractivity contribution in [2.45, 2.75) is 0 Å². The van der Waals surface area contributed by atoms with E-state index < -0.39 is 0 Å². The summed E-state index contributed by atoms with van der Waals surface area (Å²) < 4.78 is 23.6. The molecule has 11 aromatic rings. The Morgan fingerprint density at radius 1 is 0.397 bits per heavy atom. The number of hydrogen-bond acceptors (Lipinski definition) is 2. The summed E-state index contributed by atoms with van der Waals surface area (Å²) in [4.78, 5) is 2.33. The van der Waals surface area contributed by atoms with Gasteiger partial charge in [0.05, 0.1) is 22.4 Å². The van der Waals surface area contributed by atoms with Crippen molar-refractivity contribution in [2.24, 2.45) is 0 Å². The molecule has 0 aliphatic heterocycles. The van der Waals surface area contributed by atoms with Crippen molar-refractivity contribution in [3.8, 4) is 39.1 Å². The molecule has 2 heterocycles. The molecule has 11 rings (SSSR count). The fraction of sp³-hybridized carbons (Fsp3) is 0. The third-order valence-corrected chi connectivity index (χ3v) is 11.3. The highest BCUT2D eigenvalue weighted by molar-refractivity contribution is 6.11. The van der Waals surface area contributed by atoms with Gasteiger partial charge in [-0.1, -0.05) is 146 Å². The van der Waals surface area contributed by atoms with Gasteiger partial charge < -0.3 is 13.9 Å². The van der Waals surface area contributed by atoms with Gasteiger partial charge >= 0.3 is 0 Å². The lowest BCUT2D eigenvalue weighted by Gasteiger charge is -2.29. The van der Waals surface area contributed by atoms with Crippen molar-refractivity contribution >= 4 is 60.8 Å². The van der Waals surface area contributed by atoms with Crippen molar-refractivity contribution in [1.82, 2.24) is 4.57 Å². The minimum atomic E-state index is -0.264. The normalized spacial score (nSPS) is 11.5. The van der Waals surface area contributed by atoms with Crippen LogP contribution in [0, 0.1) is 5.82 Å². The van der Waals surface area contributed by atoms with Crippen LogP contribution in [0.5, 0.6) is 0 Å². The van der Waals surface area contributed by atoms with E-state index in [1.54, 1.807) is 12.1 Å². The van der Waals surface area contributed by atoms with Gasteiger partial charge in [-0.3, -0.25) is 0 Å². The lowest BCUT2D eigenvalue weighted by atomic mass is 9.98. The second kappa shape index (κ2) is 13.8. The highest BCUT2D eigenvalue weighted by atomic mass is 19.1. The number of benzene rings is 9. The fourth-order valence-corrected chi connectivity index (χ4v) is 8.62. The van der Waals surface area contributed by atoms with Gasteiger partial charge in [0.2, 0.25) is 0 Å². The molecule has 0 spiro atoms. The Balaban J connectivity index is 1.09. The lowest BCUT2D eigenvalue weighted by molar-refractivity contribution is 0.629. The molecule has 0 aliphatic carbocycles. The molecule has 0 unspecified atom stereocenters. The molecule has 3 nitrogen and oxygen atoms in total. The summed E-state index contributed by atoms with van der Waals surface area (Å²) in [5.74, 6) is -0.264. The Labute approximate surface area is 335 Å². The maximum absolute atomic E-state index is 15.0. The van der Waals surface area contributed by atoms with Gasteiger partial charge in [-0.15, -0.1) is 0 Å². The van der Waals surface area contributed by atoms with E-state index in [0.29, 0.717) is 0 Å². The Morgan fingerprint density at radius 2 is 0.983 bits per heavy atom. The van der Waals surface area contributed by atoms with Crippen LogP contribution in [0.1, 0.15) is 0 Å². The van der Waals surface area contributed by atoms with E-state index in [-0.39, 0.29) is 5.82 Å². The first kappa shape index (κ1) is 33.6. The predicted octanol–water partition coefficient (Wildman–Crippen LogP) is 15.3. The smallest absolute Gasteiger partial charge is 0.143 e. The molecular formula is C54H35FN2O. The van der Waals surface area contributed by atoms with Crippen LogP contribution in [-0.2, 0) is 0 Å². The monoisotopic (exact) mass is 746 g/mol. The molecule has 274 valence electrons. The molecule has 0 N–H and O–H groups in total. The van der Waals surface area contributed by atoms with E-state index in [1.807, 2.05) is 36.4 Å². The third-order valence-electron chi connectivity index (χ3n) is 11.3. The van der Waals surface area contributed by atoms with Gasteiger partial charge in [0.25, 0.3) is 0 Å². The minimum absolute atomic E-state index is 0.264. The highest BCUT2D eigenvalue weighted by Gasteiger charge is 2.22. The van der Waals surface area contributed by atoms with Gasteiger partial charge in [-0.25, -0.2) is 4.39 Å². The maximum atomic E-state index is 15.0. The molecule has 0 aliphatic rings. The van der Waals surface area contributed by atoms with Gasteiger partial charge in [-0.05, 0) is 83.4 Å². The molecule has 0 radical (unpaired) electrons. The summed E-state index contributed by atoms with van der Waals surface area (Å²) in [6.07, 6.45) is 0. The van der Waals surface area contributed by atoms with Crippen LogP contribution in [0.3, 0.4) is 0 Å². The number of para-hydroxylation sites is 5. The van der Waals surface area contributed by atoms with Gasteiger partial charge in [0, 0.05) is 49.6 Å².